The van der Waals surface area contributed by atoms with E-state index in [4.69, 9.17) is 5.26 Å². The summed E-state index contributed by atoms with van der Waals surface area (Å²) in [5.74, 6) is 0.577. The van der Waals surface area contributed by atoms with Crippen molar-refractivity contribution in [3.05, 3.63) is 39.4 Å². The molecule has 1 N–H and O–H groups in total. The summed E-state index contributed by atoms with van der Waals surface area (Å²) in [4.78, 5) is 10.3. The SMILES string of the molecule is CNC(C)C(c1ccc([N+](=O)[O-])c(C#N)c1)C(C)C. The Morgan fingerprint density at radius 3 is 2.42 bits per heavy atom. The first-order valence-corrected chi connectivity index (χ1v) is 6.28. The first-order chi connectivity index (χ1) is 8.92. The maximum atomic E-state index is 10.8. The average Bonchev–Trinajstić information content (AvgIpc) is 2.37. The number of benzene rings is 1. The molecule has 1 aromatic carbocycles. The predicted molar refractivity (Wildman–Crippen MR) is 73.9 cm³/mol. The van der Waals surface area contributed by atoms with Crippen LogP contribution in [-0.4, -0.2) is 18.0 Å². The van der Waals surface area contributed by atoms with Crippen molar-refractivity contribution >= 4 is 5.69 Å². The number of nitro benzene ring substituents is 1. The van der Waals surface area contributed by atoms with Gasteiger partial charge in [-0.3, -0.25) is 10.1 Å². The van der Waals surface area contributed by atoms with Crippen LogP contribution in [0.5, 0.6) is 0 Å². The molecule has 2 unspecified atom stereocenters. The van der Waals surface area contributed by atoms with Crippen LogP contribution in [0.1, 0.15) is 37.8 Å². The minimum atomic E-state index is -0.520. The van der Waals surface area contributed by atoms with Crippen LogP contribution in [0.2, 0.25) is 0 Å². The highest BCUT2D eigenvalue weighted by molar-refractivity contribution is 5.51. The Morgan fingerprint density at radius 1 is 1.37 bits per heavy atom. The fraction of sp³-hybridized carbons (Fsp3) is 0.500. The summed E-state index contributed by atoms with van der Waals surface area (Å²) in [5, 5.41) is 23.1. The van der Waals surface area contributed by atoms with Gasteiger partial charge in [0.15, 0.2) is 0 Å². The van der Waals surface area contributed by atoms with Crippen LogP contribution in [-0.2, 0) is 0 Å². The molecule has 0 aliphatic heterocycles. The highest BCUT2D eigenvalue weighted by Crippen LogP contribution is 2.31. The zero-order valence-electron chi connectivity index (χ0n) is 11.7. The molecule has 102 valence electrons. The lowest BCUT2D eigenvalue weighted by Crippen LogP contribution is -2.32. The van der Waals surface area contributed by atoms with Crippen LogP contribution < -0.4 is 5.32 Å². The summed E-state index contributed by atoms with van der Waals surface area (Å²) in [7, 11) is 1.89. The lowest BCUT2D eigenvalue weighted by atomic mass is 9.82. The van der Waals surface area contributed by atoms with Crippen molar-refractivity contribution in [2.24, 2.45) is 5.92 Å². The molecule has 1 aromatic rings. The molecular weight excluding hydrogens is 242 g/mol. The standard InChI is InChI=1S/C14H19N3O2/c1-9(2)14(10(3)16-4)11-5-6-13(17(18)19)12(7-11)8-15/h5-7,9-10,14,16H,1-4H3. The molecule has 2 atom stereocenters. The first-order valence-electron chi connectivity index (χ1n) is 6.28. The number of nitro groups is 1. The van der Waals surface area contributed by atoms with Crippen molar-refractivity contribution in [3.63, 3.8) is 0 Å². The second kappa shape index (κ2) is 6.30. The molecule has 0 amide bonds. The highest BCUT2D eigenvalue weighted by Gasteiger charge is 2.24. The summed E-state index contributed by atoms with van der Waals surface area (Å²) in [6.45, 7) is 6.27. The summed E-state index contributed by atoms with van der Waals surface area (Å²) in [6, 6.07) is 6.94. The van der Waals surface area contributed by atoms with Crippen LogP contribution in [0.15, 0.2) is 18.2 Å². The van der Waals surface area contributed by atoms with Gasteiger partial charge >= 0.3 is 0 Å². The summed E-state index contributed by atoms with van der Waals surface area (Å²) in [5.41, 5.74) is 0.946. The molecule has 1 rings (SSSR count). The van der Waals surface area contributed by atoms with Crippen LogP contribution in [0, 0.1) is 27.4 Å². The predicted octanol–water partition coefficient (Wildman–Crippen LogP) is 2.81. The van der Waals surface area contributed by atoms with Gasteiger partial charge in [0.1, 0.15) is 11.6 Å². The maximum Gasteiger partial charge on any atom is 0.287 e. The second-order valence-electron chi connectivity index (χ2n) is 4.99. The molecule has 0 saturated carbocycles. The van der Waals surface area contributed by atoms with E-state index in [1.54, 1.807) is 12.1 Å². The third-order valence-electron chi connectivity index (χ3n) is 3.43. The number of hydrogen-bond donors (Lipinski definition) is 1. The molecule has 0 aromatic heterocycles. The van der Waals surface area contributed by atoms with Crippen molar-refractivity contribution in [1.29, 1.82) is 5.26 Å². The lowest BCUT2D eigenvalue weighted by molar-refractivity contribution is -0.385. The van der Waals surface area contributed by atoms with Gasteiger partial charge in [-0.2, -0.15) is 5.26 Å². The number of nitrogens with zero attached hydrogens (tertiary/aromatic N) is 2. The van der Waals surface area contributed by atoms with Gasteiger partial charge in [-0.15, -0.1) is 0 Å². The van der Waals surface area contributed by atoms with E-state index in [0.717, 1.165) is 5.56 Å². The van der Waals surface area contributed by atoms with E-state index < -0.39 is 4.92 Å². The summed E-state index contributed by atoms with van der Waals surface area (Å²) >= 11 is 0. The molecule has 5 nitrogen and oxygen atoms in total. The largest absolute Gasteiger partial charge is 0.317 e. The third-order valence-corrected chi connectivity index (χ3v) is 3.43. The maximum absolute atomic E-state index is 10.8. The van der Waals surface area contributed by atoms with Gasteiger partial charge in [0.25, 0.3) is 5.69 Å². The van der Waals surface area contributed by atoms with Crippen molar-refractivity contribution in [3.8, 4) is 6.07 Å². The Hall–Kier alpha value is -1.93. The van der Waals surface area contributed by atoms with E-state index >= 15 is 0 Å². The van der Waals surface area contributed by atoms with Crippen LogP contribution in [0.3, 0.4) is 0 Å². The number of likely N-dealkylation sites (N-methyl/N-ethyl adjacent to an activating group) is 1. The fourth-order valence-electron chi connectivity index (χ4n) is 2.44. The molecule has 19 heavy (non-hydrogen) atoms. The van der Waals surface area contributed by atoms with E-state index in [0.29, 0.717) is 5.92 Å². The van der Waals surface area contributed by atoms with E-state index in [9.17, 15) is 10.1 Å². The molecule has 0 bridgehead atoms. The average molecular weight is 261 g/mol. The van der Waals surface area contributed by atoms with Crippen molar-refractivity contribution in [2.45, 2.75) is 32.7 Å². The molecule has 0 aliphatic carbocycles. The number of nitrogens with one attached hydrogen (secondary N) is 1. The molecule has 0 spiro atoms. The smallest absolute Gasteiger partial charge is 0.287 e. The number of rotatable bonds is 5. The Kier molecular flexibility index (Phi) is 5.02. The lowest BCUT2D eigenvalue weighted by Gasteiger charge is -2.27. The minimum Gasteiger partial charge on any atom is -0.317 e. The first kappa shape index (κ1) is 15.1. The van der Waals surface area contributed by atoms with Gasteiger partial charge in [0, 0.05) is 18.0 Å². The zero-order chi connectivity index (χ0) is 14.6. The van der Waals surface area contributed by atoms with E-state index in [1.165, 1.54) is 6.07 Å². The summed E-state index contributed by atoms with van der Waals surface area (Å²) < 4.78 is 0. The molecule has 0 fully saturated rings. The highest BCUT2D eigenvalue weighted by atomic mass is 16.6. The molecule has 0 saturated heterocycles. The van der Waals surface area contributed by atoms with E-state index in [-0.39, 0.29) is 23.2 Å². The normalized spacial score (nSPS) is 13.9. The van der Waals surface area contributed by atoms with E-state index in [1.807, 2.05) is 13.1 Å². The third kappa shape index (κ3) is 3.30. The quantitative estimate of drug-likeness (QED) is 0.653. The molecule has 5 heteroatoms. The van der Waals surface area contributed by atoms with Crippen LogP contribution in [0.25, 0.3) is 0 Å². The van der Waals surface area contributed by atoms with Gasteiger partial charge in [-0.1, -0.05) is 19.9 Å². The molecule has 0 radical (unpaired) electrons. The molecule has 0 aliphatic rings. The van der Waals surface area contributed by atoms with Crippen molar-refractivity contribution < 1.29 is 4.92 Å². The Labute approximate surface area is 113 Å². The molecular formula is C14H19N3O2. The van der Waals surface area contributed by atoms with E-state index in [2.05, 4.69) is 26.1 Å². The number of hydrogen-bond acceptors (Lipinski definition) is 4. The van der Waals surface area contributed by atoms with Gasteiger partial charge in [-0.25, -0.2) is 0 Å². The fourth-order valence-corrected chi connectivity index (χ4v) is 2.44. The summed E-state index contributed by atoms with van der Waals surface area (Å²) in [6.07, 6.45) is 0. The van der Waals surface area contributed by atoms with Gasteiger partial charge < -0.3 is 5.32 Å². The van der Waals surface area contributed by atoms with Crippen molar-refractivity contribution in [2.75, 3.05) is 7.05 Å². The van der Waals surface area contributed by atoms with Gasteiger partial charge in [0.05, 0.1) is 4.92 Å². The van der Waals surface area contributed by atoms with Crippen molar-refractivity contribution in [1.82, 2.24) is 5.32 Å². The topological polar surface area (TPSA) is 79.0 Å². The zero-order valence-corrected chi connectivity index (χ0v) is 11.7. The molecule has 0 heterocycles. The second-order valence-corrected chi connectivity index (χ2v) is 4.99. The monoisotopic (exact) mass is 261 g/mol. The Morgan fingerprint density at radius 2 is 2.00 bits per heavy atom. The van der Waals surface area contributed by atoms with Gasteiger partial charge in [0.2, 0.25) is 0 Å². The number of nitriles is 1. The van der Waals surface area contributed by atoms with Crippen LogP contribution in [0.4, 0.5) is 5.69 Å². The van der Waals surface area contributed by atoms with Gasteiger partial charge in [-0.05, 0) is 31.5 Å². The minimum absolute atomic E-state index is 0.122. The Bertz CT molecular complexity index is 506. The Balaban J connectivity index is 3.27. The van der Waals surface area contributed by atoms with Crippen LogP contribution >= 0.6 is 0 Å².